The number of esters is 1. The quantitative estimate of drug-likeness (QED) is 0.202. The van der Waals surface area contributed by atoms with Gasteiger partial charge in [0, 0.05) is 6.08 Å². The van der Waals surface area contributed by atoms with Crippen molar-refractivity contribution in [2.75, 3.05) is 6.61 Å². The Balaban J connectivity index is 3.92. The van der Waals surface area contributed by atoms with E-state index in [4.69, 9.17) is 4.74 Å². The van der Waals surface area contributed by atoms with Crippen LogP contribution in [0, 0.1) is 0 Å². The van der Waals surface area contributed by atoms with Gasteiger partial charge >= 0.3 is 5.97 Å². The highest BCUT2D eigenvalue weighted by atomic mass is 28.3. The molecule has 0 saturated carbocycles. The highest BCUT2D eigenvalue weighted by Crippen LogP contribution is 2.23. The highest BCUT2D eigenvalue weighted by Gasteiger charge is 2.23. The number of carbonyl (C=O) groups excluding carboxylic acids is 1. The molecule has 16 heavy (non-hydrogen) atoms. The van der Waals surface area contributed by atoms with E-state index in [2.05, 4.69) is 26.3 Å². The number of hydrogen-bond donors (Lipinski definition) is 0. The lowest BCUT2D eigenvalue weighted by Crippen LogP contribution is -2.28. The van der Waals surface area contributed by atoms with Gasteiger partial charge in [-0.3, -0.25) is 0 Å². The van der Waals surface area contributed by atoms with Crippen LogP contribution in [0.4, 0.5) is 0 Å². The van der Waals surface area contributed by atoms with E-state index >= 15 is 0 Å². The molecule has 0 saturated heterocycles. The molecule has 0 N–H and O–H groups in total. The maximum Gasteiger partial charge on any atom is 0.330 e. The highest BCUT2D eigenvalue weighted by molar-refractivity contribution is 6.79. The summed E-state index contributed by atoms with van der Waals surface area (Å²) in [7, 11) is -1.28. The zero-order valence-corrected chi connectivity index (χ0v) is 11.2. The molecular formula is C13H22O2Si. The van der Waals surface area contributed by atoms with Crippen molar-refractivity contribution < 1.29 is 9.53 Å². The fourth-order valence-corrected chi connectivity index (χ4v) is 4.68. The predicted octanol–water partition coefficient (Wildman–Crippen LogP) is 3.56. The average molecular weight is 238 g/mol. The van der Waals surface area contributed by atoms with E-state index in [1.54, 1.807) is 0 Å². The second kappa shape index (κ2) is 8.10. The molecule has 0 aromatic heterocycles. The number of allylic oxidation sites excluding steroid dienone is 2. The van der Waals surface area contributed by atoms with E-state index in [1.807, 2.05) is 12.2 Å². The largest absolute Gasteiger partial charge is 0.463 e. The summed E-state index contributed by atoms with van der Waals surface area (Å²) in [5.74, 6) is -0.337. The van der Waals surface area contributed by atoms with E-state index in [1.165, 1.54) is 6.08 Å². The van der Waals surface area contributed by atoms with Crippen molar-refractivity contribution in [2.24, 2.45) is 0 Å². The summed E-state index contributed by atoms with van der Waals surface area (Å²) in [6.07, 6.45) is 6.10. The zero-order valence-electron chi connectivity index (χ0n) is 10.2. The maximum absolute atomic E-state index is 10.8. The van der Waals surface area contributed by atoms with Crippen LogP contribution in [-0.4, -0.2) is 20.7 Å². The Morgan fingerprint density at radius 1 is 1.25 bits per heavy atom. The fraction of sp³-hybridized carbons (Fsp3) is 0.462. The first-order valence-electron chi connectivity index (χ1n) is 5.59. The maximum atomic E-state index is 10.8. The Morgan fingerprint density at radius 2 is 1.81 bits per heavy atom. The van der Waals surface area contributed by atoms with Crippen LogP contribution in [0.25, 0.3) is 0 Å². The van der Waals surface area contributed by atoms with Crippen LogP contribution in [0.15, 0.2) is 38.0 Å². The average Bonchev–Trinajstić information content (AvgIpc) is 2.25. The van der Waals surface area contributed by atoms with Gasteiger partial charge in [-0.25, -0.2) is 4.79 Å². The van der Waals surface area contributed by atoms with Gasteiger partial charge in [-0.15, -0.1) is 13.2 Å². The molecule has 0 bridgehead atoms. The van der Waals surface area contributed by atoms with Crippen molar-refractivity contribution in [1.82, 2.24) is 0 Å². The SMILES string of the molecule is C=CC[Si](C)(CC=C)CCCOC(=O)C=C. The van der Waals surface area contributed by atoms with Crippen molar-refractivity contribution in [2.45, 2.75) is 31.1 Å². The molecule has 0 atom stereocenters. The van der Waals surface area contributed by atoms with Crippen molar-refractivity contribution in [3.8, 4) is 0 Å². The van der Waals surface area contributed by atoms with Crippen LogP contribution in [0.1, 0.15) is 6.42 Å². The monoisotopic (exact) mass is 238 g/mol. The molecule has 0 heterocycles. The molecule has 0 aliphatic heterocycles. The molecule has 0 aromatic rings. The summed E-state index contributed by atoms with van der Waals surface area (Å²) in [4.78, 5) is 10.8. The minimum absolute atomic E-state index is 0.337. The lowest BCUT2D eigenvalue weighted by atomic mass is 10.5. The Kier molecular flexibility index (Phi) is 7.55. The predicted molar refractivity (Wildman–Crippen MR) is 72.2 cm³/mol. The molecule has 0 rings (SSSR count). The van der Waals surface area contributed by atoms with E-state index in [9.17, 15) is 4.79 Å². The van der Waals surface area contributed by atoms with E-state index in [0.29, 0.717) is 6.61 Å². The standard InChI is InChI=1S/C13H22O2Si/c1-5-10-16(4,11-6-2)12-8-9-15-13(14)7-3/h5-7H,1-3,8-12H2,4H3. The van der Waals surface area contributed by atoms with Gasteiger partial charge in [-0.2, -0.15) is 0 Å². The van der Waals surface area contributed by atoms with Crippen LogP contribution in [0.5, 0.6) is 0 Å². The Hall–Kier alpha value is -1.09. The molecule has 0 aliphatic rings. The molecule has 0 unspecified atom stereocenters. The number of ether oxygens (including phenoxy) is 1. The van der Waals surface area contributed by atoms with Gasteiger partial charge in [0.15, 0.2) is 0 Å². The molecule has 3 heteroatoms. The second-order valence-electron chi connectivity index (χ2n) is 4.27. The minimum Gasteiger partial charge on any atom is -0.463 e. The van der Waals surface area contributed by atoms with Crippen LogP contribution in [0.3, 0.4) is 0 Å². The molecule has 0 spiro atoms. The van der Waals surface area contributed by atoms with Crippen molar-refractivity contribution >= 4 is 14.0 Å². The Morgan fingerprint density at radius 3 is 2.25 bits per heavy atom. The third kappa shape index (κ3) is 6.40. The van der Waals surface area contributed by atoms with E-state index in [0.717, 1.165) is 24.6 Å². The topological polar surface area (TPSA) is 26.3 Å². The first-order chi connectivity index (χ1) is 7.58. The van der Waals surface area contributed by atoms with Crippen molar-refractivity contribution in [3.63, 3.8) is 0 Å². The lowest BCUT2D eigenvalue weighted by molar-refractivity contribution is -0.137. The summed E-state index contributed by atoms with van der Waals surface area (Å²) >= 11 is 0. The second-order valence-corrected chi connectivity index (χ2v) is 9.21. The molecule has 2 nitrogen and oxygen atoms in total. The third-order valence-corrected chi connectivity index (χ3v) is 6.72. The van der Waals surface area contributed by atoms with E-state index < -0.39 is 8.07 Å². The zero-order chi connectivity index (χ0) is 12.4. The van der Waals surface area contributed by atoms with Gasteiger partial charge in [-0.05, 0) is 18.5 Å². The van der Waals surface area contributed by atoms with Crippen LogP contribution >= 0.6 is 0 Å². The van der Waals surface area contributed by atoms with Gasteiger partial charge < -0.3 is 4.74 Å². The summed E-state index contributed by atoms with van der Waals surface area (Å²) < 4.78 is 4.96. The third-order valence-electron chi connectivity index (χ3n) is 2.61. The molecule has 0 aliphatic carbocycles. The van der Waals surface area contributed by atoms with Gasteiger partial charge in [0.2, 0.25) is 0 Å². The van der Waals surface area contributed by atoms with Gasteiger partial charge in [-0.1, -0.05) is 31.3 Å². The summed E-state index contributed by atoms with van der Waals surface area (Å²) in [6, 6.07) is 3.32. The Labute approximate surface area is 99.7 Å². The first-order valence-corrected chi connectivity index (χ1v) is 8.71. The summed E-state index contributed by atoms with van der Waals surface area (Å²) in [5, 5.41) is 0. The molecule has 0 amide bonds. The normalized spacial score (nSPS) is 10.6. The van der Waals surface area contributed by atoms with Gasteiger partial charge in [0.25, 0.3) is 0 Å². The minimum atomic E-state index is -1.28. The fourth-order valence-electron chi connectivity index (χ4n) is 1.72. The first kappa shape index (κ1) is 14.9. The van der Waals surface area contributed by atoms with E-state index in [-0.39, 0.29) is 5.97 Å². The number of carbonyl (C=O) groups is 1. The van der Waals surface area contributed by atoms with Gasteiger partial charge in [0.1, 0.15) is 0 Å². The smallest absolute Gasteiger partial charge is 0.330 e. The molecule has 0 aromatic carbocycles. The van der Waals surface area contributed by atoms with Crippen LogP contribution in [0.2, 0.25) is 24.7 Å². The molecule has 0 radical (unpaired) electrons. The molecule has 0 fully saturated rings. The lowest BCUT2D eigenvalue weighted by Gasteiger charge is -2.24. The van der Waals surface area contributed by atoms with Crippen LogP contribution < -0.4 is 0 Å². The van der Waals surface area contributed by atoms with Gasteiger partial charge in [0.05, 0.1) is 14.7 Å². The molecular weight excluding hydrogens is 216 g/mol. The summed E-state index contributed by atoms with van der Waals surface area (Å²) in [6.45, 7) is 13.8. The van der Waals surface area contributed by atoms with Crippen LogP contribution in [-0.2, 0) is 9.53 Å². The van der Waals surface area contributed by atoms with Crippen molar-refractivity contribution in [3.05, 3.63) is 38.0 Å². The summed E-state index contributed by atoms with van der Waals surface area (Å²) in [5.41, 5.74) is 0. The number of rotatable bonds is 9. The number of hydrogen-bond acceptors (Lipinski definition) is 2. The molecule has 90 valence electrons. The van der Waals surface area contributed by atoms with Crippen molar-refractivity contribution in [1.29, 1.82) is 0 Å². The Bertz CT molecular complexity index is 249.